The Balaban J connectivity index is 3.20. The summed E-state index contributed by atoms with van der Waals surface area (Å²) in [5.41, 5.74) is 0.778. The van der Waals surface area contributed by atoms with Crippen molar-refractivity contribution in [3.63, 3.8) is 0 Å². The van der Waals surface area contributed by atoms with Gasteiger partial charge < -0.3 is 5.32 Å². The Hall–Kier alpha value is -1.11. The van der Waals surface area contributed by atoms with Crippen LogP contribution >= 0.6 is 11.6 Å². The highest BCUT2D eigenvalue weighted by Crippen LogP contribution is 2.21. The monoisotopic (exact) mass is 262 g/mol. The first-order valence-corrected chi connectivity index (χ1v) is 6.42. The molecule has 0 aliphatic heterocycles. The molecule has 88 valence electrons. The molecule has 0 atom stereocenters. The van der Waals surface area contributed by atoms with Gasteiger partial charge in [-0.2, -0.15) is 0 Å². The van der Waals surface area contributed by atoms with Crippen LogP contribution in [-0.2, 0) is 14.8 Å². The van der Waals surface area contributed by atoms with E-state index in [4.69, 9.17) is 16.7 Å². The molecule has 0 heterocycles. The Morgan fingerprint density at radius 1 is 1.50 bits per heavy atom. The number of rotatable bonds is 3. The van der Waals surface area contributed by atoms with Gasteiger partial charge in [-0.15, -0.1) is 11.6 Å². The zero-order valence-electron chi connectivity index (χ0n) is 8.53. The molecule has 0 fully saturated rings. The molecule has 7 heteroatoms. The van der Waals surface area contributed by atoms with Crippen molar-refractivity contribution in [3.8, 4) is 0 Å². The van der Waals surface area contributed by atoms with Gasteiger partial charge in [0, 0.05) is 5.69 Å². The van der Waals surface area contributed by atoms with Gasteiger partial charge in [-0.3, -0.25) is 4.79 Å². The fraction of sp³-hybridized carbons (Fsp3) is 0.222. The first kappa shape index (κ1) is 13.0. The van der Waals surface area contributed by atoms with Crippen LogP contribution in [0.4, 0.5) is 5.69 Å². The molecule has 3 N–H and O–H groups in total. The molecule has 1 rings (SSSR count). The van der Waals surface area contributed by atoms with Crippen LogP contribution in [0.5, 0.6) is 0 Å². The van der Waals surface area contributed by atoms with E-state index in [0.29, 0.717) is 11.3 Å². The number of carbonyl (C=O) groups excluding carboxylic acids is 1. The van der Waals surface area contributed by atoms with Crippen molar-refractivity contribution < 1.29 is 13.2 Å². The van der Waals surface area contributed by atoms with Gasteiger partial charge in [-0.25, -0.2) is 13.6 Å². The molecule has 16 heavy (non-hydrogen) atoms. The lowest BCUT2D eigenvalue weighted by molar-refractivity contribution is -0.113. The van der Waals surface area contributed by atoms with E-state index >= 15 is 0 Å². The number of benzene rings is 1. The number of alkyl halides is 1. The summed E-state index contributed by atoms with van der Waals surface area (Å²) in [6.07, 6.45) is 0. The molecule has 1 aromatic rings. The molecule has 1 amide bonds. The van der Waals surface area contributed by atoms with Gasteiger partial charge in [0.15, 0.2) is 0 Å². The minimum atomic E-state index is -3.78. The largest absolute Gasteiger partial charge is 0.325 e. The van der Waals surface area contributed by atoms with E-state index in [-0.39, 0.29) is 10.8 Å². The number of hydrogen-bond acceptors (Lipinski definition) is 3. The number of amides is 1. The van der Waals surface area contributed by atoms with Crippen molar-refractivity contribution in [2.45, 2.75) is 11.8 Å². The minimum absolute atomic E-state index is 0.0140. The molecule has 0 saturated carbocycles. The SMILES string of the molecule is Cc1c(NC(=O)CCl)cccc1S(N)(=O)=O. The van der Waals surface area contributed by atoms with Crippen molar-refractivity contribution in [2.24, 2.45) is 5.14 Å². The minimum Gasteiger partial charge on any atom is -0.325 e. The molecule has 5 nitrogen and oxygen atoms in total. The number of hydrogen-bond donors (Lipinski definition) is 2. The Bertz CT molecular complexity index is 513. The highest BCUT2D eigenvalue weighted by atomic mass is 35.5. The lowest BCUT2D eigenvalue weighted by Gasteiger charge is -2.10. The Kier molecular flexibility index (Phi) is 3.90. The first-order chi connectivity index (χ1) is 7.36. The molecular weight excluding hydrogens is 252 g/mol. The maximum absolute atomic E-state index is 11.2. The van der Waals surface area contributed by atoms with E-state index in [2.05, 4.69) is 5.32 Å². The molecule has 0 bridgehead atoms. The van der Waals surface area contributed by atoms with Crippen molar-refractivity contribution in [3.05, 3.63) is 23.8 Å². The normalized spacial score (nSPS) is 11.2. The predicted octanol–water partition coefficient (Wildman–Crippen LogP) is 0.820. The molecule has 0 radical (unpaired) electrons. The van der Waals surface area contributed by atoms with Crippen LogP contribution in [0.2, 0.25) is 0 Å². The number of halogens is 1. The van der Waals surface area contributed by atoms with E-state index in [1.165, 1.54) is 12.1 Å². The van der Waals surface area contributed by atoms with Gasteiger partial charge in [0.1, 0.15) is 5.88 Å². The lowest BCUT2D eigenvalue weighted by Crippen LogP contribution is -2.17. The first-order valence-electron chi connectivity index (χ1n) is 4.34. The maximum Gasteiger partial charge on any atom is 0.239 e. The fourth-order valence-electron chi connectivity index (χ4n) is 1.24. The average Bonchev–Trinajstić information content (AvgIpc) is 2.19. The molecule has 0 aliphatic rings. The third-order valence-electron chi connectivity index (χ3n) is 1.99. The summed E-state index contributed by atoms with van der Waals surface area (Å²) < 4.78 is 22.4. The zero-order valence-corrected chi connectivity index (χ0v) is 10.1. The summed E-state index contributed by atoms with van der Waals surface area (Å²) in [6, 6.07) is 4.45. The van der Waals surface area contributed by atoms with E-state index in [9.17, 15) is 13.2 Å². The van der Waals surface area contributed by atoms with Crippen molar-refractivity contribution in [2.75, 3.05) is 11.2 Å². The summed E-state index contributed by atoms with van der Waals surface area (Å²) in [7, 11) is -3.78. The Morgan fingerprint density at radius 3 is 2.62 bits per heavy atom. The number of nitrogens with two attached hydrogens (primary N) is 1. The summed E-state index contributed by atoms with van der Waals surface area (Å²) in [5, 5.41) is 7.50. The highest BCUT2D eigenvalue weighted by molar-refractivity contribution is 7.89. The van der Waals surface area contributed by atoms with Crippen LogP contribution < -0.4 is 10.5 Å². The molecule has 0 spiro atoms. The molecule has 0 saturated heterocycles. The fourth-order valence-corrected chi connectivity index (χ4v) is 2.11. The van der Waals surface area contributed by atoms with E-state index in [1.54, 1.807) is 13.0 Å². The maximum atomic E-state index is 11.2. The van der Waals surface area contributed by atoms with Gasteiger partial charge in [-0.1, -0.05) is 6.07 Å². The molecule has 1 aromatic carbocycles. The number of sulfonamides is 1. The second kappa shape index (κ2) is 4.82. The van der Waals surface area contributed by atoms with Crippen LogP contribution in [0.15, 0.2) is 23.1 Å². The highest BCUT2D eigenvalue weighted by Gasteiger charge is 2.14. The molecular formula is C9H11ClN2O3S. The van der Waals surface area contributed by atoms with Gasteiger partial charge in [-0.05, 0) is 24.6 Å². The number of primary sulfonamides is 1. The van der Waals surface area contributed by atoms with Crippen LogP contribution in [0.3, 0.4) is 0 Å². The van der Waals surface area contributed by atoms with Gasteiger partial charge >= 0.3 is 0 Å². The Labute approximate surface area is 98.6 Å². The summed E-state index contributed by atoms with van der Waals surface area (Å²) >= 11 is 5.33. The van der Waals surface area contributed by atoms with Crippen LogP contribution in [-0.4, -0.2) is 20.2 Å². The van der Waals surface area contributed by atoms with E-state index in [0.717, 1.165) is 0 Å². The standard InChI is InChI=1S/C9H11ClN2O3S/c1-6-7(12-9(13)5-10)3-2-4-8(6)16(11,14)15/h2-4H,5H2,1H3,(H,12,13)(H2,11,14,15). The third kappa shape index (κ3) is 2.94. The van der Waals surface area contributed by atoms with Crippen molar-refractivity contribution >= 4 is 33.2 Å². The van der Waals surface area contributed by atoms with Crippen molar-refractivity contribution in [1.29, 1.82) is 0 Å². The van der Waals surface area contributed by atoms with Gasteiger partial charge in [0.25, 0.3) is 0 Å². The third-order valence-corrected chi connectivity index (χ3v) is 3.28. The smallest absolute Gasteiger partial charge is 0.239 e. The van der Waals surface area contributed by atoms with Gasteiger partial charge in [0.05, 0.1) is 4.90 Å². The van der Waals surface area contributed by atoms with Crippen LogP contribution in [0, 0.1) is 6.92 Å². The summed E-state index contributed by atoms with van der Waals surface area (Å²) in [5.74, 6) is -0.602. The second-order valence-electron chi connectivity index (χ2n) is 3.16. The zero-order chi connectivity index (χ0) is 12.3. The number of nitrogens with one attached hydrogen (secondary N) is 1. The van der Waals surface area contributed by atoms with Crippen LogP contribution in [0.1, 0.15) is 5.56 Å². The van der Waals surface area contributed by atoms with Crippen molar-refractivity contribution in [1.82, 2.24) is 0 Å². The number of carbonyl (C=O) groups is 1. The summed E-state index contributed by atoms with van der Waals surface area (Å²) in [4.78, 5) is 11.1. The predicted molar refractivity (Wildman–Crippen MR) is 61.9 cm³/mol. The topological polar surface area (TPSA) is 89.3 Å². The number of anilines is 1. The molecule has 0 unspecified atom stereocenters. The molecule has 0 aliphatic carbocycles. The second-order valence-corrected chi connectivity index (χ2v) is 4.95. The Morgan fingerprint density at radius 2 is 2.12 bits per heavy atom. The van der Waals surface area contributed by atoms with Crippen LogP contribution in [0.25, 0.3) is 0 Å². The lowest BCUT2D eigenvalue weighted by atomic mass is 10.2. The quantitative estimate of drug-likeness (QED) is 0.791. The van der Waals surface area contributed by atoms with Gasteiger partial charge in [0.2, 0.25) is 15.9 Å². The van der Waals surface area contributed by atoms with E-state index in [1.807, 2.05) is 0 Å². The molecule has 0 aromatic heterocycles. The average molecular weight is 263 g/mol. The van der Waals surface area contributed by atoms with E-state index < -0.39 is 15.9 Å². The summed E-state index contributed by atoms with van der Waals surface area (Å²) in [6.45, 7) is 1.56.